The molecular weight excluding hydrogens is 312 g/mol. The maximum atomic E-state index is 12.1. The molecule has 0 saturated carbocycles. The fraction of sp³-hybridized carbons (Fsp3) is 0.714. The molecule has 4 atom stereocenters. The van der Waals surface area contributed by atoms with Gasteiger partial charge in [-0.15, -0.1) is 0 Å². The fourth-order valence-electron chi connectivity index (χ4n) is 2.36. The van der Waals surface area contributed by atoms with E-state index in [1.54, 1.807) is 13.8 Å². The Bertz CT molecular complexity index is 473. The summed E-state index contributed by atoms with van der Waals surface area (Å²) < 4.78 is 19.6. The van der Waals surface area contributed by atoms with Gasteiger partial charge in [0.1, 0.15) is 11.8 Å². The van der Waals surface area contributed by atoms with Gasteiger partial charge >= 0.3 is 23.9 Å². The van der Waals surface area contributed by atoms with Crippen LogP contribution >= 0.6 is 0 Å². The van der Waals surface area contributed by atoms with Crippen LogP contribution in [0.4, 0.5) is 0 Å². The topological polar surface area (TPSA) is 125 Å². The maximum absolute atomic E-state index is 12.1. The van der Waals surface area contributed by atoms with Gasteiger partial charge in [0.2, 0.25) is 0 Å². The van der Waals surface area contributed by atoms with Crippen LogP contribution in [0.5, 0.6) is 0 Å². The van der Waals surface area contributed by atoms with E-state index in [1.165, 1.54) is 6.92 Å². The summed E-state index contributed by atoms with van der Waals surface area (Å²) >= 11 is 0. The Morgan fingerprint density at radius 2 is 1.17 bits per heavy atom. The van der Waals surface area contributed by atoms with Gasteiger partial charge in [0.05, 0.1) is 19.8 Å². The normalized spacial score (nSPS) is 26.4. The van der Waals surface area contributed by atoms with Crippen molar-refractivity contribution in [2.45, 2.75) is 33.0 Å². The van der Waals surface area contributed by atoms with Gasteiger partial charge in [0.25, 0.3) is 0 Å². The van der Waals surface area contributed by atoms with E-state index in [2.05, 4.69) is 0 Å². The number of carboxylic acids is 1. The average Bonchev–Trinajstić information content (AvgIpc) is 2.88. The van der Waals surface area contributed by atoms with Crippen LogP contribution in [-0.4, -0.2) is 61.0 Å². The SMILES string of the molecule is CCOC(=O)C1OC(C(=O)O)C(C(=O)OCC)C1C(=O)OCC. The van der Waals surface area contributed by atoms with Crippen LogP contribution in [0.2, 0.25) is 0 Å². The Morgan fingerprint density at radius 1 is 0.783 bits per heavy atom. The second-order valence-corrected chi connectivity index (χ2v) is 4.62. The number of esters is 3. The van der Waals surface area contributed by atoms with Crippen LogP contribution in [0.15, 0.2) is 0 Å². The minimum Gasteiger partial charge on any atom is -0.479 e. The standard InChI is InChI=1S/C14H20O9/c1-4-20-12(17)7-8(13(18)21-5-2)10(14(19)22-6-3)23-9(7)11(15)16/h7-10H,4-6H2,1-3H3,(H,15,16). The number of ether oxygens (including phenoxy) is 4. The van der Waals surface area contributed by atoms with Crippen LogP contribution in [0.3, 0.4) is 0 Å². The lowest BCUT2D eigenvalue weighted by molar-refractivity contribution is -0.167. The zero-order valence-electron chi connectivity index (χ0n) is 13.1. The molecule has 1 fully saturated rings. The highest BCUT2D eigenvalue weighted by atomic mass is 16.6. The van der Waals surface area contributed by atoms with Crippen molar-refractivity contribution in [3.8, 4) is 0 Å². The van der Waals surface area contributed by atoms with Crippen molar-refractivity contribution in [2.75, 3.05) is 19.8 Å². The molecule has 4 unspecified atom stereocenters. The van der Waals surface area contributed by atoms with Gasteiger partial charge in [-0.3, -0.25) is 9.59 Å². The van der Waals surface area contributed by atoms with Crippen molar-refractivity contribution < 1.29 is 43.2 Å². The molecule has 1 rings (SSSR count). The smallest absolute Gasteiger partial charge is 0.336 e. The predicted molar refractivity (Wildman–Crippen MR) is 73.2 cm³/mol. The van der Waals surface area contributed by atoms with Crippen molar-refractivity contribution in [2.24, 2.45) is 11.8 Å². The minimum atomic E-state index is -1.70. The molecule has 0 bridgehead atoms. The van der Waals surface area contributed by atoms with Gasteiger partial charge in [0.15, 0.2) is 12.2 Å². The van der Waals surface area contributed by atoms with E-state index in [1.807, 2.05) is 0 Å². The monoisotopic (exact) mass is 332 g/mol. The summed E-state index contributed by atoms with van der Waals surface area (Å²) in [5.41, 5.74) is 0. The third kappa shape index (κ3) is 4.19. The van der Waals surface area contributed by atoms with Crippen molar-refractivity contribution >= 4 is 23.9 Å². The summed E-state index contributed by atoms with van der Waals surface area (Å²) in [6.07, 6.45) is -3.23. The number of hydrogen-bond donors (Lipinski definition) is 1. The lowest BCUT2D eigenvalue weighted by atomic mass is 9.86. The largest absolute Gasteiger partial charge is 0.479 e. The van der Waals surface area contributed by atoms with Gasteiger partial charge < -0.3 is 24.1 Å². The molecule has 0 aromatic carbocycles. The van der Waals surface area contributed by atoms with E-state index in [4.69, 9.17) is 18.9 Å². The summed E-state index contributed by atoms with van der Waals surface area (Å²) in [4.78, 5) is 47.5. The number of carbonyl (C=O) groups excluding carboxylic acids is 3. The molecule has 1 N–H and O–H groups in total. The summed E-state index contributed by atoms with van der Waals surface area (Å²) in [6, 6.07) is 0. The molecule has 9 nitrogen and oxygen atoms in total. The quantitative estimate of drug-likeness (QED) is 0.496. The minimum absolute atomic E-state index is 0.00182. The van der Waals surface area contributed by atoms with Gasteiger partial charge in [-0.25, -0.2) is 9.59 Å². The second kappa shape index (κ2) is 8.47. The molecule has 0 aromatic rings. The van der Waals surface area contributed by atoms with Gasteiger partial charge in [0, 0.05) is 0 Å². The molecule has 0 spiro atoms. The molecule has 0 amide bonds. The molecule has 1 saturated heterocycles. The van der Waals surface area contributed by atoms with E-state index in [-0.39, 0.29) is 19.8 Å². The number of hydrogen-bond acceptors (Lipinski definition) is 8. The molecule has 9 heteroatoms. The van der Waals surface area contributed by atoms with Crippen LogP contribution in [0, 0.1) is 11.8 Å². The Labute approximate surface area is 132 Å². The fourth-order valence-corrected chi connectivity index (χ4v) is 2.36. The summed E-state index contributed by atoms with van der Waals surface area (Å²) in [5.74, 6) is -7.18. The first kappa shape index (κ1) is 18.9. The highest BCUT2D eigenvalue weighted by Gasteiger charge is 2.59. The zero-order valence-corrected chi connectivity index (χ0v) is 13.1. The Balaban J connectivity index is 3.21. The molecule has 130 valence electrons. The van der Waals surface area contributed by atoms with Crippen LogP contribution < -0.4 is 0 Å². The first-order valence-corrected chi connectivity index (χ1v) is 7.27. The van der Waals surface area contributed by atoms with Crippen molar-refractivity contribution in [3.63, 3.8) is 0 Å². The summed E-state index contributed by atoms with van der Waals surface area (Å²) in [6.45, 7) is 4.62. The maximum Gasteiger partial charge on any atom is 0.336 e. The molecule has 1 aliphatic rings. The Hall–Kier alpha value is -2.16. The van der Waals surface area contributed by atoms with Gasteiger partial charge in [-0.1, -0.05) is 0 Å². The third-order valence-corrected chi connectivity index (χ3v) is 3.21. The van der Waals surface area contributed by atoms with E-state index >= 15 is 0 Å². The van der Waals surface area contributed by atoms with Crippen LogP contribution in [0.25, 0.3) is 0 Å². The van der Waals surface area contributed by atoms with Crippen LogP contribution in [-0.2, 0) is 38.1 Å². The lowest BCUT2D eigenvalue weighted by Crippen LogP contribution is -2.41. The summed E-state index contributed by atoms with van der Waals surface area (Å²) in [5, 5.41) is 9.22. The molecule has 0 radical (unpaired) electrons. The lowest BCUT2D eigenvalue weighted by Gasteiger charge is -2.19. The number of carbonyl (C=O) groups is 4. The molecular formula is C14H20O9. The molecule has 1 aliphatic heterocycles. The van der Waals surface area contributed by atoms with E-state index < -0.39 is 47.9 Å². The predicted octanol–water partition coefficient (Wildman–Crippen LogP) is -0.240. The number of carboxylic acid groups (broad SMARTS) is 1. The highest BCUT2D eigenvalue weighted by molar-refractivity contribution is 5.93. The number of aliphatic carboxylic acids is 1. The van der Waals surface area contributed by atoms with E-state index in [0.29, 0.717) is 0 Å². The average molecular weight is 332 g/mol. The molecule has 1 heterocycles. The molecule has 0 aromatic heterocycles. The molecule has 0 aliphatic carbocycles. The first-order valence-electron chi connectivity index (χ1n) is 7.27. The van der Waals surface area contributed by atoms with Crippen LogP contribution in [0.1, 0.15) is 20.8 Å². The Morgan fingerprint density at radius 3 is 1.57 bits per heavy atom. The highest BCUT2D eigenvalue weighted by Crippen LogP contribution is 2.36. The van der Waals surface area contributed by atoms with Crippen molar-refractivity contribution in [1.29, 1.82) is 0 Å². The van der Waals surface area contributed by atoms with Crippen molar-refractivity contribution in [3.05, 3.63) is 0 Å². The third-order valence-electron chi connectivity index (χ3n) is 3.21. The first-order chi connectivity index (χ1) is 10.9. The summed E-state index contributed by atoms with van der Waals surface area (Å²) in [7, 11) is 0. The van der Waals surface area contributed by atoms with E-state index in [0.717, 1.165) is 0 Å². The Kier molecular flexibility index (Phi) is 6.95. The second-order valence-electron chi connectivity index (χ2n) is 4.62. The molecule has 23 heavy (non-hydrogen) atoms. The van der Waals surface area contributed by atoms with Crippen molar-refractivity contribution in [1.82, 2.24) is 0 Å². The van der Waals surface area contributed by atoms with E-state index in [9.17, 15) is 24.3 Å². The zero-order chi connectivity index (χ0) is 17.6. The number of rotatable bonds is 7. The van der Waals surface area contributed by atoms with Gasteiger partial charge in [-0.2, -0.15) is 0 Å². The van der Waals surface area contributed by atoms with Gasteiger partial charge in [-0.05, 0) is 20.8 Å².